The highest BCUT2D eigenvalue weighted by Crippen LogP contribution is 2.21. The highest BCUT2D eigenvalue weighted by atomic mass is 15.3. The topological polar surface area (TPSA) is 24.4 Å². The highest BCUT2D eigenvalue weighted by molar-refractivity contribution is 5.89. The van der Waals surface area contributed by atoms with Crippen molar-refractivity contribution in [3.8, 4) is 12.3 Å². The largest absolute Gasteiger partial charge is 0.306 e. The Labute approximate surface area is 92.1 Å². The van der Waals surface area contributed by atoms with Crippen molar-refractivity contribution in [2.75, 3.05) is 0 Å². The van der Waals surface area contributed by atoms with E-state index in [-0.39, 0.29) is 12.0 Å². The molecule has 0 bridgehead atoms. The molecule has 1 rings (SSSR count). The number of hydrazone groups is 1. The Morgan fingerprint density at radius 2 is 2.13 bits per heavy atom. The van der Waals surface area contributed by atoms with Crippen molar-refractivity contribution in [3.63, 3.8) is 0 Å². The van der Waals surface area contributed by atoms with Gasteiger partial charge in [0.05, 0.1) is 12.0 Å². The normalized spacial score (nSPS) is 25.3. The first-order chi connectivity index (χ1) is 7.06. The van der Waals surface area contributed by atoms with Crippen LogP contribution < -0.4 is 5.43 Å². The molecule has 0 aromatic rings. The first-order valence-electron chi connectivity index (χ1n) is 5.17. The Morgan fingerprint density at radius 1 is 1.47 bits per heavy atom. The highest BCUT2D eigenvalue weighted by Gasteiger charge is 2.27. The minimum atomic E-state index is 0.241. The lowest BCUT2D eigenvalue weighted by molar-refractivity contribution is 0.563. The molecule has 2 heteroatoms. The van der Waals surface area contributed by atoms with Gasteiger partial charge in [0, 0.05) is 11.3 Å². The summed E-state index contributed by atoms with van der Waals surface area (Å²) in [7, 11) is 0. The molecule has 0 fully saturated rings. The predicted molar refractivity (Wildman–Crippen MR) is 65.5 cm³/mol. The van der Waals surface area contributed by atoms with Gasteiger partial charge in [-0.2, -0.15) is 5.10 Å². The Morgan fingerprint density at radius 3 is 2.53 bits per heavy atom. The van der Waals surface area contributed by atoms with Gasteiger partial charge in [-0.15, -0.1) is 6.42 Å². The van der Waals surface area contributed by atoms with Gasteiger partial charge in [0.25, 0.3) is 0 Å². The van der Waals surface area contributed by atoms with Gasteiger partial charge >= 0.3 is 0 Å². The minimum absolute atomic E-state index is 0.241. The number of hydrogen-bond donors (Lipinski definition) is 1. The molecule has 0 aromatic carbocycles. The molecule has 15 heavy (non-hydrogen) atoms. The van der Waals surface area contributed by atoms with Crippen LogP contribution in [0.2, 0.25) is 0 Å². The van der Waals surface area contributed by atoms with Gasteiger partial charge in [0.1, 0.15) is 0 Å². The van der Waals surface area contributed by atoms with Crippen LogP contribution in [0.25, 0.3) is 0 Å². The third-order valence-corrected chi connectivity index (χ3v) is 2.49. The van der Waals surface area contributed by atoms with E-state index >= 15 is 0 Å². The second kappa shape index (κ2) is 4.84. The minimum Gasteiger partial charge on any atom is -0.306 e. The molecule has 1 aliphatic heterocycles. The van der Waals surface area contributed by atoms with Gasteiger partial charge in [0.15, 0.2) is 0 Å². The van der Waals surface area contributed by atoms with Crippen molar-refractivity contribution in [2.24, 2.45) is 11.0 Å². The molecule has 0 aliphatic carbocycles. The number of nitrogens with one attached hydrogen (secondary N) is 1. The molecule has 80 valence electrons. The lowest BCUT2D eigenvalue weighted by Crippen LogP contribution is -2.26. The molecule has 2 unspecified atom stereocenters. The van der Waals surface area contributed by atoms with Crippen molar-refractivity contribution in [1.82, 2.24) is 5.43 Å². The number of allylic oxidation sites excluding steroid dienone is 3. The van der Waals surface area contributed by atoms with Crippen LogP contribution in [0, 0.1) is 18.3 Å². The molecule has 0 aromatic heterocycles. The Balaban J connectivity index is 2.94. The summed E-state index contributed by atoms with van der Waals surface area (Å²) in [5.74, 6) is 3.00. The summed E-state index contributed by atoms with van der Waals surface area (Å²) >= 11 is 0. The fourth-order valence-corrected chi connectivity index (χ4v) is 1.70. The van der Waals surface area contributed by atoms with Crippen molar-refractivity contribution in [2.45, 2.75) is 33.7 Å². The maximum Gasteiger partial charge on any atom is 0.0540 e. The van der Waals surface area contributed by atoms with Gasteiger partial charge in [-0.25, -0.2) is 0 Å². The molecule has 2 nitrogen and oxygen atoms in total. The summed E-state index contributed by atoms with van der Waals surface area (Å²) in [5.41, 5.74) is 6.36. The predicted octanol–water partition coefficient (Wildman–Crippen LogP) is 2.50. The van der Waals surface area contributed by atoms with Gasteiger partial charge in [-0.1, -0.05) is 17.6 Å². The number of hydrogen-bond acceptors (Lipinski definition) is 2. The van der Waals surface area contributed by atoms with Crippen LogP contribution in [-0.2, 0) is 0 Å². The van der Waals surface area contributed by atoms with Crippen molar-refractivity contribution in [1.29, 1.82) is 0 Å². The monoisotopic (exact) mass is 202 g/mol. The van der Waals surface area contributed by atoms with Crippen molar-refractivity contribution < 1.29 is 0 Å². The van der Waals surface area contributed by atoms with Gasteiger partial charge < -0.3 is 5.43 Å². The quantitative estimate of drug-likeness (QED) is 0.540. The summed E-state index contributed by atoms with van der Waals surface area (Å²) in [6.45, 7) is 8.22. The Bertz CT molecular complexity index is 362. The number of nitrogens with zero attached hydrogens (tertiary/aromatic N) is 1. The Kier molecular flexibility index (Phi) is 3.74. The zero-order chi connectivity index (χ0) is 11.4. The van der Waals surface area contributed by atoms with E-state index in [0.717, 1.165) is 11.3 Å². The second-order valence-electron chi connectivity index (χ2n) is 4.16. The first kappa shape index (κ1) is 11.6. The average Bonchev–Trinajstić information content (AvgIpc) is 2.49. The molecule has 1 heterocycles. The van der Waals surface area contributed by atoms with Crippen LogP contribution >= 0.6 is 0 Å². The summed E-state index contributed by atoms with van der Waals surface area (Å²) in [6, 6.07) is 0.290. The SMILES string of the molecule is C#C/C(=C\C=C(C)C)C1C(C)=NNC1C. The van der Waals surface area contributed by atoms with E-state index in [1.54, 1.807) is 0 Å². The molecular weight excluding hydrogens is 184 g/mol. The molecule has 0 saturated heterocycles. The molecule has 0 amide bonds. The van der Waals surface area contributed by atoms with Gasteiger partial charge in [-0.3, -0.25) is 0 Å². The third-order valence-electron chi connectivity index (χ3n) is 2.49. The summed E-state index contributed by atoms with van der Waals surface area (Å²) < 4.78 is 0. The maximum absolute atomic E-state index is 5.53. The molecule has 1 N–H and O–H groups in total. The van der Waals surface area contributed by atoms with Crippen LogP contribution in [-0.4, -0.2) is 11.8 Å². The zero-order valence-electron chi connectivity index (χ0n) is 9.83. The smallest absolute Gasteiger partial charge is 0.0540 e. The van der Waals surface area contributed by atoms with Crippen LogP contribution in [0.4, 0.5) is 0 Å². The van der Waals surface area contributed by atoms with Crippen molar-refractivity contribution in [3.05, 3.63) is 23.3 Å². The van der Waals surface area contributed by atoms with E-state index in [2.05, 4.69) is 37.2 Å². The molecule has 1 aliphatic rings. The summed E-state index contributed by atoms with van der Waals surface area (Å²) in [6.07, 6.45) is 9.60. The van der Waals surface area contributed by atoms with Gasteiger partial charge in [0.2, 0.25) is 0 Å². The fourth-order valence-electron chi connectivity index (χ4n) is 1.70. The Hall–Kier alpha value is -1.49. The van der Waals surface area contributed by atoms with E-state index < -0.39 is 0 Å². The molecule has 0 spiro atoms. The number of terminal acetylenes is 1. The second-order valence-corrected chi connectivity index (χ2v) is 4.16. The third kappa shape index (κ3) is 2.73. The fraction of sp³-hybridized carbons (Fsp3) is 0.462. The van der Waals surface area contributed by atoms with Crippen LogP contribution in [0.5, 0.6) is 0 Å². The molecule has 2 atom stereocenters. The van der Waals surface area contributed by atoms with E-state index in [0.29, 0.717) is 0 Å². The zero-order valence-corrected chi connectivity index (χ0v) is 9.83. The maximum atomic E-state index is 5.53. The van der Waals surface area contributed by atoms with E-state index in [1.807, 2.05) is 19.1 Å². The summed E-state index contributed by atoms with van der Waals surface area (Å²) in [5, 5.41) is 4.20. The first-order valence-corrected chi connectivity index (χ1v) is 5.17. The molecule has 0 radical (unpaired) electrons. The lowest BCUT2D eigenvalue weighted by atomic mass is 9.89. The van der Waals surface area contributed by atoms with Crippen LogP contribution in [0.15, 0.2) is 28.4 Å². The number of rotatable bonds is 2. The lowest BCUT2D eigenvalue weighted by Gasteiger charge is -2.15. The van der Waals surface area contributed by atoms with Gasteiger partial charge in [-0.05, 0) is 33.8 Å². The molecular formula is C13H18N2. The van der Waals surface area contributed by atoms with Crippen LogP contribution in [0.3, 0.4) is 0 Å². The molecule has 0 saturated carbocycles. The van der Waals surface area contributed by atoms with E-state index in [1.165, 1.54) is 5.57 Å². The van der Waals surface area contributed by atoms with E-state index in [4.69, 9.17) is 6.42 Å². The van der Waals surface area contributed by atoms with Crippen LogP contribution in [0.1, 0.15) is 27.7 Å². The van der Waals surface area contributed by atoms with Crippen molar-refractivity contribution >= 4 is 5.71 Å². The summed E-state index contributed by atoms with van der Waals surface area (Å²) in [4.78, 5) is 0. The average molecular weight is 202 g/mol. The van der Waals surface area contributed by atoms with E-state index in [9.17, 15) is 0 Å². The standard InChI is InChI=1S/C13H18N2/c1-6-12(8-7-9(2)3)13-10(4)14-15-11(13)5/h1,7-8,10,13-14H,2-5H3/b12-8+.